The first-order valence-electron chi connectivity index (χ1n) is 7.02. The highest BCUT2D eigenvalue weighted by atomic mass is 16.5. The molecule has 0 unspecified atom stereocenters. The Balaban J connectivity index is 1.74. The molecule has 2 aromatic carbocycles. The molecule has 0 saturated heterocycles. The van der Waals surface area contributed by atoms with Gasteiger partial charge in [-0.1, -0.05) is 30.3 Å². The number of benzene rings is 2. The predicted octanol–water partition coefficient (Wildman–Crippen LogP) is 4.50. The van der Waals surface area contributed by atoms with Gasteiger partial charge in [0.05, 0.1) is 12.8 Å². The number of fused-ring (bicyclic) bond motifs is 1. The average Bonchev–Trinajstić information content (AvgIpc) is 3.21. The molecule has 4 aromatic rings. The summed E-state index contributed by atoms with van der Waals surface area (Å²) in [7, 11) is 1.66. The van der Waals surface area contributed by atoms with Gasteiger partial charge in [0.2, 0.25) is 0 Å². The SMILES string of the molecule is COc1cccc(-c2cc(-c3cc4ccccc4o3)[nH]n2)c1. The summed E-state index contributed by atoms with van der Waals surface area (Å²) < 4.78 is 11.1. The quantitative estimate of drug-likeness (QED) is 0.604. The summed E-state index contributed by atoms with van der Waals surface area (Å²) in [5, 5.41) is 8.48. The van der Waals surface area contributed by atoms with Crippen LogP contribution in [0.15, 0.2) is 65.1 Å². The van der Waals surface area contributed by atoms with Gasteiger partial charge in [-0.2, -0.15) is 5.10 Å². The number of methoxy groups -OCH3 is 1. The largest absolute Gasteiger partial charge is 0.497 e. The molecule has 4 nitrogen and oxygen atoms in total. The van der Waals surface area contributed by atoms with Gasteiger partial charge in [0.25, 0.3) is 0 Å². The van der Waals surface area contributed by atoms with Crippen molar-refractivity contribution in [3.63, 3.8) is 0 Å². The number of aromatic nitrogens is 2. The molecular weight excluding hydrogens is 276 g/mol. The van der Waals surface area contributed by atoms with Crippen molar-refractivity contribution in [1.29, 1.82) is 0 Å². The van der Waals surface area contributed by atoms with Crippen LogP contribution in [0.3, 0.4) is 0 Å². The predicted molar refractivity (Wildman–Crippen MR) is 85.8 cm³/mol. The lowest BCUT2D eigenvalue weighted by Gasteiger charge is -2.00. The van der Waals surface area contributed by atoms with Gasteiger partial charge < -0.3 is 9.15 Å². The van der Waals surface area contributed by atoms with Crippen LogP contribution in [0.25, 0.3) is 33.7 Å². The van der Waals surface area contributed by atoms with E-state index in [4.69, 9.17) is 9.15 Å². The van der Waals surface area contributed by atoms with Crippen molar-refractivity contribution in [3.05, 3.63) is 60.7 Å². The molecule has 2 heterocycles. The van der Waals surface area contributed by atoms with Crippen LogP contribution in [0.1, 0.15) is 0 Å². The molecule has 0 aliphatic rings. The Kier molecular flexibility index (Phi) is 2.93. The van der Waals surface area contributed by atoms with Crippen LogP contribution in [-0.2, 0) is 0 Å². The monoisotopic (exact) mass is 290 g/mol. The number of aromatic amines is 1. The number of hydrogen-bond acceptors (Lipinski definition) is 3. The summed E-state index contributed by atoms with van der Waals surface area (Å²) in [6.45, 7) is 0. The van der Waals surface area contributed by atoms with Gasteiger partial charge in [0, 0.05) is 10.9 Å². The highest BCUT2D eigenvalue weighted by Crippen LogP contribution is 2.29. The highest BCUT2D eigenvalue weighted by Gasteiger charge is 2.10. The third kappa shape index (κ3) is 2.15. The molecule has 0 radical (unpaired) electrons. The molecule has 0 aliphatic heterocycles. The maximum Gasteiger partial charge on any atom is 0.153 e. The second-order valence-corrected chi connectivity index (χ2v) is 5.05. The van der Waals surface area contributed by atoms with Crippen molar-refractivity contribution < 1.29 is 9.15 Å². The average molecular weight is 290 g/mol. The zero-order valence-electron chi connectivity index (χ0n) is 12.0. The minimum absolute atomic E-state index is 0.780. The minimum Gasteiger partial charge on any atom is -0.497 e. The molecule has 0 saturated carbocycles. The van der Waals surface area contributed by atoms with Crippen molar-refractivity contribution in [1.82, 2.24) is 10.2 Å². The third-order valence-corrected chi connectivity index (χ3v) is 3.63. The number of H-pyrrole nitrogens is 1. The third-order valence-electron chi connectivity index (χ3n) is 3.63. The molecule has 4 heteroatoms. The van der Waals surface area contributed by atoms with E-state index in [-0.39, 0.29) is 0 Å². The van der Waals surface area contributed by atoms with Crippen LogP contribution < -0.4 is 4.74 Å². The molecule has 4 rings (SSSR count). The van der Waals surface area contributed by atoms with E-state index >= 15 is 0 Å². The lowest BCUT2D eigenvalue weighted by Crippen LogP contribution is -1.83. The molecular formula is C18H14N2O2. The second-order valence-electron chi connectivity index (χ2n) is 5.05. The Morgan fingerprint density at radius 3 is 2.77 bits per heavy atom. The second kappa shape index (κ2) is 5.07. The molecule has 0 aliphatic carbocycles. The maximum atomic E-state index is 5.85. The van der Waals surface area contributed by atoms with Gasteiger partial charge in [-0.15, -0.1) is 0 Å². The van der Waals surface area contributed by atoms with Crippen LogP contribution in [0.2, 0.25) is 0 Å². The Labute approximate surface area is 127 Å². The molecule has 1 N–H and O–H groups in total. The van der Waals surface area contributed by atoms with Gasteiger partial charge in [0.15, 0.2) is 5.76 Å². The number of furan rings is 1. The van der Waals surface area contributed by atoms with Crippen LogP contribution in [-0.4, -0.2) is 17.3 Å². The van der Waals surface area contributed by atoms with Crippen molar-refractivity contribution in [2.75, 3.05) is 7.11 Å². The topological polar surface area (TPSA) is 51.0 Å². The van der Waals surface area contributed by atoms with Crippen LogP contribution in [0.5, 0.6) is 5.75 Å². The lowest BCUT2D eigenvalue weighted by atomic mass is 10.1. The van der Waals surface area contributed by atoms with E-state index in [1.54, 1.807) is 7.11 Å². The van der Waals surface area contributed by atoms with Crippen LogP contribution in [0.4, 0.5) is 0 Å². The standard InChI is InChI=1S/C18H14N2O2/c1-21-14-7-4-6-12(9-14)15-11-16(20-19-15)18-10-13-5-2-3-8-17(13)22-18/h2-11H,1H3,(H,19,20). The molecule has 0 amide bonds. The maximum absolute atomic E-state index is 5.85. The zero-order valence-corrected chi connectivity index (χ0v) is 12.0. The molecule has 0 spiro atoms. The van der Waals surface area contributed by atoms with E-state index in [0.29, 0.717) is 0 Å². The first-order chi connectivity index (χ1) is 10.8. The normalized spacial score (nSPS) is 11.0. The number of rotatable bonds is 3. The van der Waals surface area contributed by atoms with E-state index in [2.05, 4.69) is 10.2 Å². The molecule has 22 heavy (non-hydrogen) atoms. The number of nitrogens with zero attached hydrogens (tertiary/aromatic N) is 1. The van der Waals surface area contributed by atoms with E-state index in [9.17, 15) is 0 Å². The van der Waals surface area contributed by atoms with E-state index in [0.717, 1.165) is 39.4 Å². The highest BCUT2D eigenvalue weighted by molar-refractivity contribution is 5.82. The Bertz CT molecular complexity index is 904. The Hall–Kier alpha value is -3.01. The van der Waals surface area contributed by atoms with E-state index in [1.807, 2.05) is 60.7 Å². The lowest BCUT2D eigenvalue weighted by molar-refractivity contribution is 0.415. The molecule has 0 atom stereocenters. The fourth-order valence-electron chi connectivity index (χ4n) is 2.49. The molecule has 0 bridgehead atoms. The number of para-hydroxylation sites is 1. The minimum atomic E-state index is 0.780. The summed E-state index contributed by atoms with van der Waals surface area (Å²) in [4.78, 5) is 0. The van der Waals surface area contributed by atoms with Gasteiger partial charge in [-0.05, 0) is 30.3 Å². The fraction of sp³-hybridized carbons (Fsp3) is 0.0556. The summed E-state index contributed by atoms with van der Waals surface area (Å²) in [6.07, 6.45) is 0. The summed E-state index contributed by atoms with van der Waals surface area (Å²) >= 11 is 0. The number of hydrogen-bond donors (Lipinski definition) is 1. The first kappa shape index (κ1) is 12.7. The summed E-state index contributed by atoms with van der Waals surface area (Å²) in [6, 6.07) is 19.8. The van der Waals surface area contributed by atoms with Gasteiger partial charge in [-0.3, -0.25) is 5.10 Å². The Morgan fingerprint density at radius 2 is 1.91 bits per heavy atom. The van der Waals surface area contributed by atoms with Crippen LogP contribution in [0, 0.1) is 0 Å². The fourth-order valence-corrected chi connectivity index (χ4v) is 2.49. The van der Waals surface area contributed by atoms with Crippen molar-refractivity contribution >= 4 is 11.0 Å². The Morgan fingerprint density at radius 1 is 1.00 bits per heavy atom. The zero-order chi connectivity index (χ0) is 14.9. The molecule has 108 valence electrons. The van der Waals surface area contributed by atoms with Crippen molar-refractivity contribution in [3.8, 4) is 28.5 Å². The van der Waals surface area contributed by atoms with E-state index in [1.165, 1.54) is 0 Å². The molecule has 0 fully saturated rings. The van der Waals surface area contributed by atoms with E-state index < -0.39 is 0 Å². The number of nitrogens with one attached hydrogen (secondary N) is 1. The van der Waals surface area contributed by atoms with Gasteiger partial charge in [-0.25, -0.2) is 0 Å². The smallest absolute Gasteiger partial charge is 0.153 e. The molecule has 2 aromatic heterocycles. The van der Waals surface area contributed by atoms with Crippen molar-refractivity contribution in [2.45, 2.75) is 0 Å². The van der Waals surface area contributed by atoms with Gasteiger partial charge >= 0.3 is 0 Å². The first-order valence-corrected chi connectivity index (χ1v) is 7.02. The van der Waals surface area contributed by atoms with Gasteiger partial charge in [0.1, 0.15) is 17.0 Å². The summed E-state index contributed by atoms with van der Waals surface area (Å²) in [5.74, 6) is 1.59. The number of ether oxygens (including phenoxy) is 1. The van der Waals surface area contributed by atoms with Crippen molar-refractivity contribution in [2.24, 2.45) is 0 Å². The summed E-state index contributed by atoms with van der Waals surface area (Å²) in [5.41, 5.74) is 3.58. The van der Waals surface area contributed by atoms with Crippen LogP contribution >= 0.6 is 0 Å².